The fourth-order valence-corrected chi connectivity index (χ4v) is 6.98. The molecule has 2 atom stereocenters. The Morgan fingerprint density at radius 3 is 2.02 bits per heavy atom. The summed E-state index contributed by atoms with van der Waals surface area (Å²) in [7, 11) is 0. The zero-order valence-corrected chi connectivity index (χ0v) is 29.0. The maximum atomic E-state index is 13.2. The third-order valence-corrected chi connectivity index (χ3v) is 10.2. The summed E-state index contributed by atoms with van der Waals surface area (Å²) in [5.41, 5.74) is 0.138. The van der Waals surface area contributed by atoms with Crippen molar-refractivity contribution in [3.8, 4) is 0 Å². The molecular weight excluding hydrogens is 536 g/mol. The molecule has 0 N–H and O–H groups in total. The standard InChI is InChI=1S/C37H70N2O4/c1-5-9-11-13-14-16-22-34(21-15-12-10-6-2)35(40)42-30-18-26-37(25-17-20-33-23-24-33)27-29-39(32-37)36(41)43-31-19-28-38(7-3)8-4/h33-34H,5-32H2,1-4H3. The van der Waals surface area contributed by atoms with Gasteiger partial charge in [0.15, 0.2) is 0 Å². The number of carbonyl (C=O) groups excluding carboxylic acids is 2. The molecule has 2 aliphatic rings. The summed E-state index contributed by atoms with van der Waals surface area (Å²) in [6.07, 6.45) is 24.6. The van der Waals surface area contributed by atoms with Gasteiger partial charge in [0.1, 0.15) is 0 Å². The first-order valence-electron chi connectivity index (χ1n) is 18.8. The van der Waals surface area contributed by atoms with Gasteiger partial charge in [-0.05, 0) is 69.4 Å². The number of carbonyl (C=O) groups is 2. The fraction of sp³-hybridized carbons (Fsp3) is 0.946. The van der Waals surface area contributed by atoms with Crippen molar-refractivity contribution in [1.82, 2.24) is 9.80 Å². The lowest BCUT2D eigenvalue weighted by atomic mass is 9.78. The van der Waals surface area contributed by atoms with E-state index in [-0.39, 0.29) is 23.4 Å². The van der Waals surface area contributed by atoms with E-state index in [9.17, 15) is 9.59 Å². The average molecular weight is 607 g/mol. The maximum absolute atomic E-state index is 13.2. The van der Waals surface area contributed by atoms with Gasteiger partial charge in [-0.15, -0.1) is 0 Å². The summed E-state index contributed by atoms with van der Waals surface area (Å²) in [6, 6.07) is 0. The van der Waals surface area contributed by atoms with E-state index >= 15 is 0 Å². The number of hydrogen-bond acceptors (Lipinski definition) is 5. The van der Waals surface area contributed by atoms with Crippen molar-refractivity contribution < 1.29 is 19.1 Å². The van der Waals surface area contributed by atoms with Crippen molar-refractivity contribution in [1.29, 1.82) is 0 Å². The molecule has 0 aromatic rings. The van der Waals surface area contributed by atoms with Crippen LogP contribution in [0.2, 0.25) is 0 Å². The normalized spacial score (nSPS) is 19.2. The molecule has 1 aliphatic carbocycles. The van der Waals surface area contributed by atoms with Crippen LogP contribution in [0.15, 0.2) is 0 Å². The van der Waals surface area contributed by atoms with Crippen LogP contribution in [0.1, 0.15) is 163 Å². The molecule has 0 bridgehead atoms. The quantitative estimate of drug-likeness (QED) is 0.0688. The highest BCUT2D eigenvalue weighted by atomic mass is 16.6. The highest BCUT2D eigenvalue weighted by Crippen LogP contribution is 2.42. The zero-order valence-electron chi connectivity index (χ0n) is 29.0. The van der Waals surface area contributed by atoms with Crippen LogP contribution in [0.4, 0.5) is 4.79 Å². The second-order valence-corrected chi connectivity index (χ2v) is 13.9. The second kappa shape index (κ2) is 23.1. The van der Waals surface area contributed by atoms with Gasteiger partial charge in [0.2, 0.25) is 0 Å². The number of amides is 1. The SMILES string of the molecule is CCCCCCCCC(CCCCCC)C(=O)OCCCC1(CCCC2CC2)CCN(C(=O)OCCCN(CC)CC)C1. The lowest BCUT2D eigenvalue weighted by Gasteiger charge is -2.29. The first-order chi connectivity index (χ1) is 21.0. The van der Waals surface area contributed by atoms with E-state index in [1.54, 1.807) is 0 Å². The number of ether oxygens (including phenoxy) is 2. The molecule has 252 valence electrons. The third kappa shape index (κ3) is 16.5. The van der Waals surface area contributed by atoms with Crippen LogP contribution in [0.3, 0.4) is 0 Å². The molecule has 2 fully saturated rings. The van der Waals surface area contributed by atoms with E-state index in [1.807, 2.05) is 4.90 Å². The molecule has 2 unspecified atom stereocenters. The van der Waals surface area contributed by atoms with Crippen molar-refractivity contribution >= 4 is 12.1 Å². The summed E-state index contributed by atoms with van der Waals surface area (Å²) < 4.78 is 11.6. The maximum Gasteiger partial charge on any atom is 0.409 e. The Hall–Kier alpha value is -1.30. The summed E-state index contributed by atoms with van der Waals surface area (Å²) in [4.78, 5) is 30.4. The monoisotopic (exact) mass is 607 g/mol. The van der Waals surface area contributed by atoms with Crippen molar-refractivity contribution in [3.63, 3.8) is 0 Å². The van der Waals surface area contributed by atoms with Gasteiger partial charge in [0, 0.05) is 19.6 Å². The fourth-order valence-electron chi connectivity index (χ4n) is 6.98. The third-order valence-electron chi connectivity index (χ3n) is 10.2. The summed E-state index contributed by atoms with van der Waals surface area (Å²) in [5, 5.41) is 0. The minimum absolute atomic E-state index is 0.0363. The van der Waals surface area contributed by atoms with E-state index in [1.165, 1.54) is 83.5 Å². The lowest BCUT2D eigenvalue weighted by Crippen LogP contribution is -2.33. The van der Waals surface area contributed by atoms with Crippen LogP contribution in [-0.4, -0.2) is 67.8 Å². The van der Waals surface area contributed by atoms with Crippen LogP contribution in [0, 0.1) is 17.3 Å². The predicted molar refractivity (Wildman–Crippen MR) is 179 cm³/mol. The van der Waals surface area contributed by atoms with Gasteiger partial charge in [-0.25, -0.2) is 4.79 Å². The van der Waals surface area contributed by atoms with Crippen molar-refractivity contribution in [2.75, 3.05) is 45.9 Å². The van der Waals surface area contributed by atoms with Gasteiger partial charge in [-0.3, -0.25) is 4.79 Å². The highest BCUT2D eigenvalue weighted by Gasteiger charge is 2.40. The number of likely N-dealkylation sites (tertiary alicyclic amines) is 1. The molecule has 1 aliphatic heterocycles. The van der Waals surface area contributed by atoms with Crippen molar-refractivity contribution in [3.05, 3.63) is 0 Å². The molecule has 6 heteroatoms. The number of nitrogens with zero attached hydrogens (tertiary/aromatic N) is 2. The smallest absolute Gasteiger partial charge is 0.409 e. The van der Waals surface area contributed by atoms with Gasteiger partial charge >= 0.3 is 12.1 Å². The molecule has 43 heavy (non-hydrogen) atoms. The van der Waals surface area contributed by atoms with E-state index in [2.05, 4.69) is 32.6 Å². The summed E-state index contributed by atoms with van der Waals surface area (Å²) in [6.45, 7) is 14.5. The molecule has 2 rings (SSSR count). The van der Waals surface area contributed by atoms with Gasteiger partial charge in [0.25, 0.3) is 0 Å². The lowest BCUT2D eigenvalue weighted by molar-refractivity contribution is -0.149. The Balaban J connectivity index is 1.80. The van der Waals surface area contributed by atoms with E-state index < -0.39 is 0 Å². The predicted octanol–water partition coefficient (Wildman–Crippen LogP) is 9.79. The van der Waals surface area contributed by atoms with Crippen LogP contribution >= 0.6 is 0 Å². The van der Waals surface area contributed by atoms with Gasteiger partial charge in [-0.1, -0.05) is 118 Å². The number of rotatable bonds is 27. The van der Waals surface area contributed by atoms with E-state index in [4.69, 9.17) is 9.47 Å². The topological polar surface area (TPSA) is 59.1 Å². The van der Waals surface area contributed by atoms with Crippen LogP contribution in [-0.2, 0) is 14.3 Å². The summed E-state index contributed by atoms with van der Waals surface area (Å²) in [5.74, 6) is 1.04. The largest absolute Gasteiger partial charge is 0.465 e. The highest BCUT2D eigenvalue weighted by molar-refractivity contribution is 5.72. The van der Waals surface area contributed by atoms with Crippen molar-refractivity contribution in [2.24, 2.45) is 17.3 Å². The van der Waals surface area contributed by atoms with Gasteiger partial charge in [0.05, 0.1) is 19.1 Å². The van der Waals surface area contributed by atoms with Gasteiger partial charge in [-0.2, -0.15) is 0 Å². The number of esters is 1. The summed E-state index contributed by atoms with van der Waals surface area (Å²) >= 11 is 0. The molecule has 1 heterocycles. The van der Waals surface area contributed by atoms with Crippen molar-refractivity contribution in [2.45, 2.75) is 163 Å². The van der Waals surface area contributed by atoms with E-state index in [0.29, 0.717) is 13.2 Å². The molecule has 6 nitrogen and oxygen atoms in total. The average Bonchev–Trinajstić information content (AvgIpc) is 3.75. The molecule has 0 radical (unpaired) electrons. The molecule has 1 amide bonds. The minimum atomic E-state index is -0.143. The van der Waals surface area contributed by atoms with Gasteiger partial charge < -0.3 is 19.3 Å². The Bertz CT molecular complexity index is 723. The first-order valence-corrected chi connectivity index (χ1v) is 18.8. The van der Waals surface area contributed by atoms with Crippen LogP contribution in [0.5, 0.6) is 0 Å². The molecule has 0 aromatic heterocycles. The molecule has 0 aromatic carbocycles. The van der Waals surface area contributed by atoms with Crippen LogP contribution < -0.4 is 0 Å². The number of unbranched alkanes of at least 4 members (excludes halogenated alkanes) is 8. The zero-order chi connectivity index (χ0) is 31.2. The molecular formula is C37H70N2O4. The van der Waals surface area contributed by atoms with E-state index in [0.717, 1.165) is 90.0 Å². The Morgan fingerprint density at radius 2 is 1.37 bits per heavy atom. The first kappa shape index (κ1) is 37.9. The molecule has 1 saturated heterocycles. The molecule has 0 spiro atoms. The second-order valence-electron chi connectivity index (χ2n) is 13.9. The number of hydrogen-bond donors (Lipinski definition) is 0. The Labute approximate surface area is 266 Å². The minimum Gasteiger partial charge on any atom is -0.465 e. The Morgan fingerprint density at radius 1 is 0.767 bits per heavy atom. The van der Waals surface area contributed by atoms with Crippen LogP contribution in [0.25, 0.3) is 0 Å². The Kier molecular flexibility index (Phi) is 20.3. The molecule has 1 saturated carbocycles.